The molecule has 0 bridgehead atoms. The number of hydrogen-bond acceptors (Lipinski definition) is 2. The lowest BCUT2D eigenvalue weighted by Crippen LogP contribution is -2.33. The van der Waals surface area contributed by atoms with Gasteiger partial charge in [-0.3, -0.25) is 4.57 Å². The summed E-state index contributed by atoms with van der Waals surface area (Å²) < 4.78 is 44.8. The third-order valence-electron chi connectivity index (χ3n) is 5.03. The first kappa shape index (κ1) is 19.2. The summed E-state index contributed by atoms with van der Waals surface area (Å²) in [7, 11) is 1.23. The van der Waals surface area contributed by atoms with E-state index in [0.717, 1.165) is 28.9 Å². The van der Waals surface area contributed by atoms with Crippen molar-refractivity contribution >= 4 is 0 Å². The Morgan fingerprint density at radius 2 is 1.70 bits per heavy atom. The number of imidazole rings is 1. The Kier molecular flexibility index (Phi) is 4.86. The number of para-hydroxylation sites is 1. The lowest BCUT2D eigenvalue weighted by atomic mass is 9.88. The summed E-state index contributed by atoms with van der Waals surface area (Å²) in [6.45, 7) is 7.04. The number of hydrogen-bond donors (Lipinski definition) is 0. The van der Waals surface area contributed by atoms with Crippen LogP contribution in [-0.4, -0.2) is 21.7 Å². The molecule has 0 aliphatic heterocycles. The van der Waals surface area contributed by atoms with E-state index in [2.05, 4.69) is 4.98 Å². The maximum absolute atomic E-state index is 14.9. The first-order valence-electron chi connectivity index (χ1n) is 8.64. The summed E-state index contributed by atoms with van der Waals surface area (Å²) in [4.78, 5) is 4.33. The van der Waals surface area contributed by atoms with Gasteiger partial charge in [-0.15, -0.1) is 9.60 Å². The van der Waals surface area contributed by atoms with Crippen molar-refractivity contribution in [3.05, 3.63) is 71.1 Å². The lowest BCUT2D eigenvalue weighted by molar-refractivity contribution is -0.0440. The fraction of sp³-hybridized carbons (Fsp3) is 0.286. The highest BCUT2D eigenvalue weighted by Gasteiger charge is 2.33. The predicted molar refractivity (Wildman–Crippen MR) is 100 cm³/mol. The fourth-order valence-corrected chi connectivity index (χ4v) is 3.30. The third-order valence-corrected chi connectivity index (χ3v) is 5.03. The molecule has 3 rings (SSSR count). The molecule has 27 heavy (non-hydrogen) atoms. The Hall–Kier alpha value is -2.60. The van der Waals surface area contributed by atoms with Gasteiger partial charge in [0.1, 0.15) is 17.5 Å². The van der Waals surface area contributed by atoms with E-state index in [4.69, 9.17) is 0 Å². The highest BCUT2D eigenvalue weighted by Crippen LogP contribution is 2.38. The van der Waals surface area contributed by atoms with Crippen LogP contribution in [0.5, 0.6) is 0 Å². The molecule has 3 nitrogen and oxygen atoms in total. The van der Waals surface area contributed by atoms with Gasteiger partial charge in [0.15, 0.2) is 0 Å². The first-order valence-corrected chi connectivity index (χ1v) is 8.64. The van der Waals surface area contributed by atoms with Gasteiger partial charge >= 0.3 is 0 Å². The maximum atomic E-state index is 14.9. The quantitative estimate of drug-likeness (QED) is 0.564. The van der Waals surface area contributed by atoms with Gasteiger partial charge in [0, 0.05) is 25.5 Å². The predicted octanol–water partition coefficient (Wildman–Crippen LogP) is 5.49. The van der Waals surface area contributed by atoms with Gasteiger partial charge < -0.3 is 0 Å². The summed E-state index contributed by atoms with van der Waals surface area (Å²) in [6.07, 6.45) is 3.28. The van der Waals surface area contributed by atoms with E-state index in [1.165, 1.54) is 7.05 Å². The van der Waals surface area contributed by atoms with Crippen LogP contribution in [0.1, 0.15) is 30.5 Å². The third kappa shape index (κ3) is 3.25. The number of benzene rings is 2. The molecule has 0 spiro atoms. The molecule has 1 heterocycles. The van der Waals surface area contributed by atoms with Crippen molar-refractivity contribution in [2.24, 2.45) is 0 Å². The zero-order chi connectivity index (χ0) is 19.9. The normalized spacial score (nSPS) is 12.0. The molecule has 2 aromatic carbocycles. The van der Waals surface area contributed by atoms with Crippen LogP contribution in [0.4, 0.5) is 13.3 Å². The average molecular weight is 373 g/mol. The van der Waals surface area contributed by atoms with Crippen LogP contribution in [0.3, 0.4) is 0 Å². The van der Waals surface area contributed by atoms with E-state index in [0.29, 0.717) is 10.9 Å². The fourth-order valence-electron chi connectivity index (χ4n) is 3.30. The van der Waals surface area contributed by atoms with E-state index in [9.17, 15) is 13.3 Å². The van der Waals surface area contributed by atoms with Crippen molar-refractivity contribution in [1.29, 1.82) is 0 Å². The monoisotopic (exact) mass is 373 g/mol. The van der Waals surface area contributed by atoms with E-state index in [1.807, 2.05) is 32.0 Å². The number of aromatic nitrogens is 2. The van der Waals surface area contributed by atoms with Gasteiger partial charge in [-0.2, -0.15) is 0 Å². The molecular formula is C21H22F3N3. The summed E-state index contributed by atoms with van der Waals surface area (Å²) in [5.74, 6) is -1.24. The average Bonchev–Trinajstić information content (AvgIpc) is 3.02. The summed E-state index contributed by atoms with van der Waals surface area (Å²) in [6, 6.07) is 7.81. The molecule has 0 radical (unpaired) electrons. The molecule has 6 heteroatoms. The first-order chi connectivity index (χ1) is 12.6. The Morgan fingerprint density at radius 3 is 2.30 bits per heavy atom. The maximum Gasteiger partial charge on any atom is 0.147 e. The van der Waals surface area contributed by atoms with Crippen LogP contribution in [0.2, 0.25) is 0 Å². The molecular weight excluding hydrogens is 351 g/mol. The van der Waals surface area contributed by atoms with Crippen molar-refractivity contribution < 1.29 is 13.3 Å². The molecule has 0 amide bonds. The summed E-state index contributed by atoms with van der Waals surface area (Å²) in [5, 5.41) is 0.441. The minimum atomic E-state index is -1.25. The molecule has 0 N–H and O–H groups in total. The van der Waals surface area contributed by atoms with Gasteiger partial charge in [0.25, 0.3) is 0 Å². The van der Waals surface area contributed by atoms with Crippen LogP contribution in [0.25, 0.3) is 17.1 Å². The molecule has 0 aliphatic rings. The Balaban J connectivity index is 2.34. The largest absolute Gasteiger partial charge is 0.299 e. The molecule has 0 atom stereocenters. The summed E-state index contributed by atoms with van der Waals surface area (Å²) in [5.41, 5.74) is 1.85. The van der Waals surface area contributed by atoms with Crippen molar-refractivity contribution in [2.75, 3.05) is 7.05 Å². The van der Waals surface area contributed by atoms with Gasteiger partial charge in [0.05, 0.1) is 16.8 Å². The number of halogens is 3. The van der Waals surface area contributed by atoms with Gasteiger partial charge in [-0.05, 0) is 50.5 Å². The van der Waals surface area contributed by atoms with Gasteiger partial charge in [-0.1, -0.05) is 18.2 Å². The topological polar surface area (TPSA) is 21.1 Å². The smallest absolute Gasteiger partial charge is 0.147 e. The zero-order valence-corrected chi connectivity index (χ0v) is 16.0. The lowest BCUT2D eigenvalue weighted by Gasteiger charge is -2.31. The van der Waals surface area contributed by atoms with Gasteiger partial charge in [0.2, 0.25) is 0 Å². The van der Waals surface area contributed by atoms with Crippen LogP contribution in [0, 0.1) is 25.5 Å². The Morgan fingerprint density at radius 1 is 1.07 bits per heavy atom. The second-order valence-electron chi connectivity index (χ2n) is 7.21. The molecule has 1 aromatic heterocycles. The highest BCUT2D eigenvalue weighted by molar-refractivity contribution is 5.67. The molecule has 0 saturated heterocycles. The van der Waals surface area contributed by atoms with Crippen molar-refractivity contribution in [3.63, 3.8) is 0 Å². The highest BCUT2D eigenvalue weighted by atomic mass is 19.2. The molecule has 142 valence electrons. The van der Waals surface area contributed by atoms with Crippen LogP contribution >= 0.6 is 0 Å². The standard InChI is InChI=1S/C21H22F3N3/c1-13-7-6-8-14(2)19(13)27-10-9-25-20(27)18-16(21(3,4)26(5)24)11-15(22)12-17(18)23/h6-12H,1-5H3. The summed E-state index contributed by atoms with van der Waals surface area (Å²) >= 11 is 0. The minimum Gasteiger partial charge on any atom is -0.299 e. The molecule has 0 saturated carbocycles. The number of aryl methyl sites for hydroxylation is 2. The molecule has 0 unspecified atom stereocenters. The van der Waals surface area contributed by atoms with Crippen LogP contribution in [-0.2, 0) is 5.54 Å². The Bertz CT molecular complexity index is 970. The van der Waals surface area contributed by atoms with E-state index in [-0.39, 0.29) is 11.1 Å². The minimum absolute atomic E-state index is 0.0820. The van der Waals surface area contributed by atoms with Crippen LogP contribution in [0.15, 0.2) is 42.7 Å². The van der Waals surface area contributed by atoms with Crippen molar-refractivity contribution in [3.8, 4) is 17.1 Å². The van der Waals surface area contributed by atoms with Crippen molar-refractivity contribution in [2.45, 2.75) is 33.2 Å². The van der Waals surface area contributed by atoms with Crippen molar-refractivity contribution in [1.82, 2.24) is 14.7 Å². The SMILES string of the molecule is Cc1cccc(C)c1-n1ccnc1-c1c(F)cc(F)cc1C(C)(C)N(C)F. The number of rotatable bonds is 4. The molecule has 0 aliphatic carbocycles. The van der Waals surface area contributed by atoms with E-state index in [1.54, 1.807) is 30.8 Å². The second kappa shape index (κ2) is 6.85. The zero-order valence-electron chi connectivity index (χ0n) is 16.0. The van der Waals surface area contributed by atoms with E-state index >= 15 is 0 Å². The second-order valence-corrected chi connectivity index (χ2v) is 7.21. The number of nitrogens with zero attached hydrogens (tertiary/aromatic N) is 3. The molecule has 0 fully saturated rings. The van der Waals surface area contributed by atoms with E-state index < -0.39 is 17.2 Å². The van der Waals surface area contributed by atoms with Gasteiger partial charge in [-0.25, -0.2) is 13.8 Å². The molecule has 3 aromatic rings. The Labute approximate surface area is 157 Å². The van der Waals surface area contributed by atoms with Crippen LogP contribution < -0.4 is 0 Å².